The molecule has 3 aromatic rings. The fourth-order valence-corrected chi connectivity index (χ4v) is 3.44. The molecule has 0 radical (unpaired) electrons. The van der Waals surface area contributed by atoms with E-state index in [0.717, 1.165) is 31.9 Å². The molecule has 2 aromatic heterocycles. The number of halogens is 2. The Bertz CT molecular complexity index is 988. The number of nitrogens with one attached hydrogen (secondary N) is 1. The highest BCUT2D eigenvalue weighted by Crippen LogP contribution is 2.28. The summed E-state index contributed by atoms with van der Waals surface area (Å²) < 4.78 is 1.86. The molecule has 1 fully saturated rings. The van der Waals surface area contributed by atoms with Crippen molar-refractivity contribution < 1.29 is 0 Å². The van der Waals surface area contributed by atoms with E-state index in [9.17, 15) is 4.79 Å². The highest BCUT2D eigenvalue weighted by atomic mass is 35.5. The minimum atomic E-state index is -0.104. The molecule has 0 bridgehead atoms. The Balaban J connectivity index is 1.54. The van der Waals surface area contributed by atoms with Crippen molar-refractivity contribution >= 4 is 45.9 Å². The van der Waals surface area contributed by atoms with Crippen LogP contribution in [0.4, 0.5) is 11.6 Å². The molecule has 6 nitrogen and oxygen atoms in total. The number of hydrogen-bond donors (Lipinski definition) is 1. The van der Waals surface area contributed by atoms with Gasteiger partial charge in [-0.1, -0.05) is 23.2 Å². The number of H-pyrrole nitrogens is 1. The van der Waals surface area contributed by atoms with Gasteiger partial charge in [0.1, 0.15) is 5.65 Å². The molecule has 3 heterocycles. The first kappa shape index (κ1) is 16.3. The van der Waals surface area contributed by atoms with E-state index >= 15 is 0 Å². The minimum absolute atomic E-state index is 0.104. The molecular weight excluding hydrogens is 361 g/mol. The third kappa shape index (κ3) is 2.96. The summed E-state index contributed by atoms with van der Waals surface area (Å²) in [4.78, 5) is 24.1. The highest BCUT2D eigenvalue weighted by molar-refractivity contribution is 6.42. The van der Waals surface area contributed by atoms with E-state index in [1.807, 2.05) is 36.0 Å². The predicted molar refractivity (Wildman–Crippen MR) is 102 cm³/mol. The maximum Gasteiger partial charge on any atom is 0.261 e. The van der Waals surface area contributed by atoms with Crippen LogP contribution in [0.25, 0.3) is 11.0 Å². The number of aromatic amines is 1. The molecule has 25 heavy (non-hydrogen) atoms. The van der Waals surface area contributed by atoms with E-state index in [-0.39, 0.29) is 5.56 Å². The maximum absolute atomic E-state index is 12.2. The lowest BCUT2D eigenvalue weighted by atomic mass is 10.2. The van der Waals surface area contributed by atoms with Crippen molar-refractivity contribution in [1.82, 2.24) is 14.5 Å². The summed E-state index contributed by atoms with van der Waals surface area (Å²) in [5.74, 6) is 0.619. The van der Waals surface area contributed by atoms with Gasteiger partial charge in [0.25, 0.3) is 5.56 Å². The first-order valence-corrected chi connectivity index (χ1v) is 8.79. The van der Waals surface area contributed by atoms with E-state index in [0.29, 0.717) is 27.0 Å². The van der Waals surface area contributed by atoms with Crippen molar-refractivity contribution in [2.75, 3.05) is 36.0 Å². The lowest BCUT2D eigenvalue weighted by molar-refractivity contribution is 0.640. The molecule has 0 aliphatic carbocycles. The Morgan fingerprint density at radius 2 is 1.76 bits per heavy atom. The number of aromatic nitrogens is 3. The highest BCUT2D eigenvalue weighted by Gasteiger charge is 2.20. The standard InChI is InChI=1S/C17H17Cl2N5O/c1-22-5-4-12-15(22)20-17(21-16(12)25)24-8-6-23(7-9-24)11-2-3-13(18)14(19)10-11/h2-5,10H,6-9H2,1H3,(H,20,21,25). The molecule has 0 saturated carbocycles. The molecule has 1 saturated heterocycles. The fourth-order valence-electron chi connectivity index (χ4n) is 3.14. The molecule has 1 N–H and O–H groups in total. The van der Waals surface area contributed by atoms with Crippen molar-refractivity contribution in [2.24, 2.45) is 7.05 Å². The van der Waals surface area contributed by atoms with Crippen LogP contribution in [0.15, 0.2) is 35.3 Å². The van der Waals surface area contributed by atoms with Gasteiger partial charge in [0.05, 0.1) is 15.4 Å². The second kappa shape index (κ2) is 6.28. The Morgan fingerprint density at radius 1 is 1.04 bits per heavy atom. The van der Waals surface area contributed by atoms with E-state index in [2.05, 4.69) is 19.8 Å². The zero-order valence-electron chi connectivity index (χ0n) is 13.7. The van der Waals surface area contributed by atoms with Gasteiger partial charge in [0.15, 0.2) is 0 Å². The molecule has 0 amide bonds. The normalized spacial score (nSPS) is 15.2. The zero-order chi connectivity index (χ0) is 17.6. The van der Waals surface area contributed by atoms with Gasteiger partial charge in [0.2, 0.25) is 5.95 Å². The van der Waals surface area contributed by atoms with Crippen LogP contribution in [0.1, 0.15) is 0 Å². The molecule has 1 aliphatic heterocycles. The SMILES string of the molecule is Cn1ccc2c(=O)[nH]c(N3CCN(c4ccc(Cl)c(Cl)c4)CC3)nc21. The molecule has 1 aliphatic rings. The van der Waals surface area contributed by atoms with E-state index in [1.54, 1.807) is 6.07 Å². The summed E-state index contributed by atoms with van der Waals surface area (Å²) in [6.45, 7) is 3.15. The number of benzene rings is 1. The van der Waals surface area contributed by atoms with E-state index in [1.165, 1.54) is 0 Å². The lowest BCUT2D eigenvalue weighted by Crippen LogP contribution is -2.47. The second-order valence-corrected chi connectivity index (χ2v) is 6.94. The number of rotatable bonds is 2. The van der Waals surface area contributed by atoms with Gasteiger partial charge >= 0.3 is 0 Å². The third-order valence-electron chi connectivity index (χ3n) is 4.57. The van der Waals surface area contributed by atoms with Gasteiger partial charge in [-0.15, -0.1) is 0 Å². The van der Waals surface area contributed by atoms with Gasteiger partial charge in [-0.05, 0) is 24.3 Å². The average molecular weight is 378 g/mol. The lowest BCUT2D eigenvalue weighted by Gasteiger charge is -2.36. The molecule has 8 heteroatoms. The summed E-state index contributed by atoms with van der Waals surface area (Å²) in [7, 11) is 1.89. The quantitative estimate of drug-likeness (QED) is 0.745. The van der Waals surface area contributed by atoms with Crippen LogP contribution in [0, 0.1) is 0 Å². The van der Waals surface area contributed by atoms with Gasteiger partial charge in [-0.3, -0.25) is 9.78 Å². The van der Waals surface area contributed by atoms with Crippen LogP contribution in [-0.2, 0) is 7.05 Å². The minimum Gasteiger partial charge on any atom is -0.368 e. The van der Waals surface area contributed by atoms with Crippen LogP contribution in [-0.4, -0.2) is 40.7 Å². The fraction of sp³-hybridized carbons (Fsp3) is 0.294. The summed E-state index contributed by atoms with van der Waals surface area (Å²) in [6.07, 6.45) is 1.85. The molecule has 0 unspecified atom stereocenters. The summed E-state index contributed by atoms with van der Waals surface area (Å²) in [5, 5.41) is 1.73. The Hall–Kier alpha value is -2.18. The molecule has 1 aromatic carbocycles. The Morgan fingerprint density at radius 3 is 2.48 bits per heavy atom. The number of piperazine rings is 1. The van der Waals surface area contributed by atoms with Crippen LogP contribution >= 0.6 is 23.2 Å². The maximum atomic E-state index is 12.2. The van der Waals surface area contributed by atoms with E-state index < -0.39 is 0 Å². The smallest absolute Gasteiger partial charge is 0.261 e. The largest absolute Gasteiger partial charge is 0.368 e. The first-order valence-electron chi connectivity index (χ1n) is 8.03. The number of anilines is 2. The average Bonchev–Trinajstić information content (AvgIpc) is 2.99. The van der Waals surface area contributed by atoms with Crippen molar-refractivity contribution in [1.29, 1.82) is 0 Å². The van der Waals surface area contributed by atoms with Crippen molar-refractivity contribution in [3.8, 4) is 0 Å². The second-order valence-electron chi connectivity index (χ2n) is 6.13. The monoisotopic (exact) mass is 377 g/mol. The van der Waals surface area contributed by atoms with Crippen molar-refractivity contribution in [3.05, 3.63) is 50.9 Å². The van der Waals surface area contributed by atoms with Crippen LogP contribution in [0.3, 0.4) is 0 Å². The van der Waals surface area contributed by atoms with Crippen LogP contribution in [0.2, 0.25) is 10.0 Å². The Labute approximate surface area is 154 Å². The summed E-state index contributed by atoms with van der Waals surface area (Å²) in [6, 6.07) is 7.46. The number of hydrogen-bond acceptors (Lipinski definition) is 4. The van der Waals surface area contributed by atoms with E-state index in [4.69, 9.17) is 23.2 Å². The van der Waals surface area contributed by atoms with Gasteiger partial charge in [0, 0.05) is 45.1 Å². The molecule has 0 spiro atoms. The predicted octanol–water partition coefficient (Wildman–Crippen LogP) is 2.90. The van der Waals surface area contributed by atoms with Crippen LogP contribution < -0.4 is 15.4 Å². The zero-order valence-corrected chi connectivity index (χ0v) is 15.2. The summed E-state index contributed by atoms with van der Waals surface area (Å²) >= 11 is 12.1. The van der Waals surface area contributed by atoms with Gasteiger partial charge < -0.3 is 14.4 Å². The van der Waals surface area contributed by atoms with Gasteiger partial charge in [-0.2, -0.15) is 4.98 Å². The molecular formula is C17H17Cl2N5O. The summed E-state index contributed by atoms with van der Waals surface area (Å²) in [5.41, 5.74) is 1.64. The molecule has 130 valence electrons. The van der Waals surface area contributed by atoms with Crippen LogP contribution in [0.5, 0.6) is 0 Å². The topological polar surface area (TPSA) is 57.2 Å². The van der Waals surface area contributed by atoms with Crippen molar-refractivity contribution in [3.63, 3.8) is 0 Å². The third-order valence-corrected chi connectivity index (χ3v) is 5.31. The van der Waals surface area contributed by atoms with Crippen molar-refractivity contribution in [2.45, 2.75) is 0 Å². The number of nitrogens with zero attached hydrogens (tertiary/aromatic N) is 4. The number of aryl methyl sites for hydroxylation is 1. The van der Waals surface area contributed by atoms with Gasteiger partial charge in [-0.25, -0.2) is 0 Å². The molecule has 4 rings (SSSR count). The molecule has 0 atom stereocenters. The Kier molecular flexibility index (Phi) is 4.09. The first-order chi connectivity index (χ1) is 12.0. The number of fused-ring (bicyclic) bond motifs is 1.